The molecule has 0 unspecified atom stereocenters. The number of rotatable bonds is 9. The number of hydrogen-bond donors (Lipinski definition) is 1. The Morgan fingerprint density at radius 3 is 2.71 bits per heavy atom. The van der Waals surface area contributed by atoms with Crippen LogP contribution in [0.2, 0.25) is 0 Å². The predicted molar refractivity (Wildman–Crippen MR) is 87.9 cm³/mol. The second-order valence-corrected chi connectivity index (χ2v) is 5.79. The summed E-state index contributed by atoms with van der Waals surface area (Å²) in [7, 11) is 1.28. The number of carbonyl (C=O) groups is 1. The quantitative estimate of drug-likeness (QED) is 0.540. The van der Waals surface area contributed by atoms with Crippen molar-refractivity contribution in [2.24, 2.45) is 5.92 Å². The molecule has 8 heteroatoms. The Kier molecular flexibility index (Phi) is 6.72. The Morgan fingerprint density at radius 2 is 2.08 bits per heavy atom. The van der Waals surface area contributed by atoms with Crippen LogP contribution in [0.1, 0.15) is 18.4 Å². The van der Waals surface area contributed by atoms with Crippen LogP contribution in [0.3, 0.4) is 0 Å². The van der Waals surface area contributed by atoms with E-state index in [2.05, 4.69) is 10.1 Å². The Balaban J connectivity index is 2.06. The molecule has 1 N–H and O–H groups in total. The van der Waals surface area contributed by atoms with Gasteiger partial charge in [-0.15, -0.1) is 0 Å². The maximum absolute atomic E-state index is 12.4. The summed E-state index contributed by atoms with van der Waals surface area (Å²) in [5.41, 5.74) is 0.601. The molecule has 1 aliphatic rings. The molecule has 1 saturated carbocycles. The van der Waals surface area contributed by atoms with Crippen LogP contribution in [0, 0.1) is 5.92 Å². The van der Waals surface area contributed by atoms with Crippen molar-refractivity contribution in [1.82, 2.24) is 5.32 Å². The van der Waals surface area contributed by atoms with Gasteiger partial charge in [-0.05, 0) is 37.0 Å². The zero-order valence-electron chi connectivity index (χ0n) is 13.2. The van der Waals surface area contributed by atoms with Gasteiger partial charge in [0.25, 0.3) is 6.43 Å². The predicted octanol–water partition coefficient (Wildman–Crippen LogP) is 2.56. The highest BCUT2D eigenvalue weighted by molar-refractivity contribution is 7.80. The summed E-state index contributed by atoms with van der Waals surface area (Å²) in [5, 5.41) is 2.76. The van der Waals surface area contributed by atoms with E-state index in [1.165, 1.54) is 13.2 Å². The summed E-state index contributed by atoms with van der Waals surface area (Å²) in [5.74, 6) is 0.665. The molecule has 1 aliphatic carbocycles. The summed E-state index contributed by atoms with van der Waals surface area (Å²) in [6.07, 6.45) is -0.360. The molecule has 0 heterocycles. The largest absolute Gasteiger partial charge is 0.489 e. The third kappa shape index (κ3) is 5.92. The van der Waals surface area contributed by atoms with E-state index in [0.29, 0.717) is 28.8 Å². The smallest absolute Gasteiger partial charge is 0.325 e. The molecule has 24 heavy (non-hydrogen) atoms. The highest BCUT2D eigenvalue weighted by Crippen LogP contribution is 2.33. The van der Waals surface area contributed by atoms with Crippen molar-refractivity contribution in [3.63, 3.8) is 0 Å². The van der Waals surface area contributed by atoms with Crippen LogP contribution < -0.4 is 14.8 Å². The van der Waals surface area contributed by atoms with E-state index in [0.717, 1.165) is 12.8 Å². The highest BCUT2D eigenvalue weighted by Gasteiger charge is 2.23. The fraction of sp³-hybridized carbons (Fsp3) is 0.500. The molecule has 0 atom stereocenters. The van der Waals surface area contributed by atoms with Crippen molar-refractivity contribution in [3.05, 3.63) is 23.8 Å². The molecule has 0 radical (unpaired) electrons. The van der Waals surface area contributed by atoms with Crippen molar-refractivity contribution in [2.45, 2.75) is 19.3 Å². The molecule has 132 valence electrons. The molecule has 1 aromatic rings. The minimum Gasteiger partial charge on any atom is -0.489 e. The molecule has 0 aromatic heterocycles. The SMILES string of the molecule is COC(=O)CNC(=S)c1ccc(OCC(F)F)c(OCC2CC2)c1. The van der Waals surface area contributed by atoms with Crippen LogP contribution in [-0.2, 0) is 9.53 Å². The topological polar surface area (TPSA) is 56.8 Å². The zero-order chi connectivity index (χ0) is 17.5. The van der Waals surface area contributed by atoms with Crippen molar-refractivity contribution in [3.8, 4) is 11.5 Å². The standard InChI is InChI=1S/C16H19F2NO4S/c1-21-15(20)7-19-16(24)11-4-5-12(23-9-14(17)18)13(6-11)22-8-10-2-3-10/h4-6,10,14H,2-3,7-9H2,1H3,(H,19,24). The number of ether oxygens (including phenoxy) is 3. The summed E-state index contributed by atoms with van der Waals surface area (Å²) in [6, 6.07) is 4.78. The van der Waals surface area contributed by atoms with Gasteiger partial charge in [-0.3, -0.25) is 4.79 Å². The second kappa shape index (κ2) is 8.77. The van der Waals surface area contributed by atoms with E-state index in [4.69, 9.17) is 21.7 Å². The summed E-state index contributed by atoms with van der Waals surface area (Å²) in [6.45, 7) is -0.252. The third-order valence-corrected chi connectivity index (χ3v) is 3.74. The lowest BCUT2D eigenvalue weighted by molar-refractivity contribution is -0.139. The number of methoxy groups -OCH3 is 1. The molecule has 5 nitrogen and oxygen atoms in total. The lowest BCUT2D eigenvalue weighted by Crippen LogP contribution is -2.29. The Morgan fingerprint density at radius 1 is 1.33 bits per heavy atom. The number of thiocarbonyl (C=S) groups is 1. The van der Waals surface area contributed by atoms with E-state index in [9.17, 15) is 13.6 Å². The van der Waals surface area contributed by atoms with Crippen molar-refractivity contribution in [1.29, 1.82) is 0 Å². The van der Waals surface area contributed by atoms with Crippen molar-refractivity contribution in [2.75, 3.05) is 26.9 Å². The number of hydrogen-bond acceptors (Lipinski definition) is 5. The first-order valence-corrected chi connectivity index (χ1v) is 7.93. The molecule has 0 aliphatic heterocycles. The minimum atomic E-state index is -2.57. The van der Waals surface area contributed by atoms with Crippen LogP contribution in [-0.4, -0.2) is 44.3 Å². The number of alkyl halides is 2. The molecule has 1 aromatic carbocycles. The molecule has 2 rings (SSSR count). The molecule has 0 bridgehead atoms. The maximum atomic E-state index is 12.4. The van der Waals surface area contributed by atoms with Crippen LogP contribution in [0.15, 0.2) is 18.2 Å². The number of benzene rings is 1. The normalized spacial score (nSPS) is 13.5. The van der Waals surface area contributed by atoms with Gasteiger partial charge < -0.3 is 19.5 Å². The van der Waals surface area contributed by atoms with Gasteiger partial charge in [-0.25, -0.2) is 8.78 Å². The van der Waals surface area contributed by atoms with Crippen molar-refractivity contribution >= 4 is 23.2 Å². The Bertz CT molecular complexity index is 593. The molecule has 0 amide bonds. The number of nitrogens with one attached hydrogen (secondary N) is 1. The number of esters is 1. The van der Waals surface area contributed by atoms with Gasteiger partial charge in [0.05, 0.1) is 13.7 Å². The summed E-state index contributed by atoms with van der Waals surface area (Å²) in [4.78, 5) is 11.5. The van der Waals surface area contributed by atoms with Gasteiger partial charge >= 0.3 is 5.97 Å². The first-order chi connectivity index (χ1) is 11.5. The molecular weight excluding hydrogens is 340 g/mol. The lowest BCUT2D eigenvalue weighted by Gasteiger charge is -2.15. The van der Waals surface area contributed by atoms with Crippen LogP contribution in [0.25, 0.3) is 0 Å². The fourth-order valence-electron chi connectivity index (χ4n) is 1.85. The molecule has 0 saturated heterocycles. The monoisotopic (exact) mass is 359 g/mol. The van der Waals surface area contributed by atoms with Crippen LogP contribution in [0.5, 0.6) is 11.5 Å². The van der Waals surface area contributed by atoms with E-state index in [1.54, 1.807) is 12.1 Å². The van der Waals surface area contributed by atoms with Gasteiger partial charge in [0.2, 0.25) is 0 Å². The van der Waals surface area contributed by atoms with Gasteiger partial charge in [0, 0.05) is 5.56 Å². The third-order valence-electron chi connectivity index (χ3n) is 3.36. The van der Waals surface area contributed by atoms with E-state index < -0.39 is 19.0 Å². The summed E-state index contributed by atoms with van der Waals surface area (Å²) < 4.78 is 40.0. The number of halogens is 2. The van der Waals surface area contributed by atoms with Gasteiger partial charge in [0.1, 0.15) is 18.1 Å². The Labute approximate surface area is 144 Å². The molecule has 1 fully saturated rings. The van der Waals surface area contributed by atoms with Gasteiger partial charge in [0.15, 0.2) is 11.5 Å². The molecule has 0 spiro atoms. The maximum Gasteiger partial charge on any atom is 0.325 e. The number of carbonyl (C=O) groups excluding carboxylic acids is 1. The first-order valence-electron chi connectivity index (χ1n) is 7.52. The van der Waals surface area contributed by atoms with E-state index in [-0.39, 0.29) is 12.3 Å². The minimum absolute atomic E-state index is 0.0583. The van der Waals surface area contributed by atoms with Gasteiger partial charge in [-0.2, -0.15) is 0 Å². The van der Waals surface area contributed by atoms with Gasteiger partial charge in [-0.1, -0.05) is 12.2 Å². The van der Waals surface area contributed by atoms with Crippen LogP contribution >= 0.6 is 12.2 Å². The fourth-order valence-corrected chi connectivity index (χ4v) is 2.05. The highest BCUT2D eigenvalue weighted by atomic mass is 32.1. The first kappa shape index (κ1) is 18.4. The average molecular weight is 359 g/mol. The summed E-state index contributed by atoms with van der Waals surface area (Å²) >= 11 is 5.21. The van der Waals surface area contributed by atoms with Crippen LogP contribution in [0.4, 0.5) is 8.78 Å². The van der Waals surface area contributed by atoms with E-state index in [1.807, 2.05) is 0 Å². The zero-order valence-corrected chi connectivity index (χ0v) is 14.0. The van der Waals surface area contributed by atoms with Crippen molar-refractivity contribution < 1.29 is 27.8 Å². The average Bonchev–Trinajstić information content (AvgIpc) is 3.40. The lowest BCUT2D eigenvalue weighted by atomic mass is 10.2. The van der Waals surface area contributed by atoms with E-state index >= 15 is 0 Å². The molecular formula is C16H19F2NO4S. The second-order valence-electron chi connectivity index (χ2n) is 5.38. The Hall–Kier alpha value is -1.96.